The van der Waals surface area contributed by atoms with Gasteiger partial charge in [-0.25, -0.2) is 4.79 Å². The molecule has 0 aliphatic heterocycles. The molecule has 4 heteroatoms. The van der Waals surface area contributed by atoms with Gasteiger partial charge in [0.2, 0.25) is 0 Å². The second kappa shape index (κ2) is 2.73. The molecule has 0 aromatic heterocycles. The Bertz CT molecular complexity index is 330. The maximum atomic E-state index is 11.1. The lowest BCUT2D eigenvalue weighted by Crippen LogP contribution is -2.05. The summed E-state index contributed by atoms with van der Waals surface area (Å²) in [7, 11) is 0. The number of benzene rings is 1. The van der Waals surface area contributed by atoms with Gasteiger partial charge in [0.15, 0.2) is 0 Å². The number of rotatable bonds is 1. The number of hydrogen-bond donors (Lipinski definition) is 2. The molecule has 0 amide bonds. The monoisotopic (exact) mass is 167 g/mol. The lowest BCUT2D eigenvalue weighted by Gasteiger charge is -2.13. The zero-order valence-electron chi connectivity index (χ0n) is 6.37. The summed E-state index contributed by atoms with van der Waals surface area (Å²) >= 11 is 0. The van der Waals surface area contributed by atoms with Crippen LogP contribution in [0.1, 0.15) is 15.9 Å². The van der Waals surface area contributed by atoms with E-state index in [1.54, 1.807) is 0 Å². The fourth-order valence-electron chi connectivity index (χ4n) is 0.914. The van der Waals surface area contributed by atoms with E-state index in [4.69, 9.17) is 10.2 Å². The Morgan fingerprint density at radius 1 is 1.50 bits per heavy atom. The zero-order chi connectivity index (χ0) is 9.30. The van der Waals surface area contributed by atoms with E-state index in [0.717, 1.165) is 6.07 Å². The number of carboxylic acid groups (broad SMARTS) is 1. The fourth-order valence-corrected chi connectivity index (χ4v) is 0.914. The topological polar surface area (TPSA) is 80.6 Å². The van der Waals surface area contributed by atoms with Gasteiger partial charge in [-0.05, 0) is 19.1 Å². The molecule has 0 fully saturated rings. The van der Waals surface area contributed by atoms with Crippen LogP contribution in [-0.2, 0) is 0 Å². The highest BCUT2D eigenvalue weighted by molar-refractivity contribution is 5.91. The van der Waals surface area contributed by atoms with E-state index < -0.39 is 17.3 Å². The largest absolute Gasteiger partial charge is 0.872 e. The minimum atomic E-state index is -1.32. The van der Waals surface area contributed by atoms with E-state index in [9.17, 15) is 9.90 Å². The van der Waals surface area contributed by atoms with Crippen molar-refractivity contribution in [2.75, 3.05) is 0 Å². The van der Waals surface area contributed by atoms with E-state index in [0.29, 0.717) is 0 Å². The average Bonchev–Trinajstić information content (AvgIpc) is 1.96. The van der Waals surface area contributed by atoms with Crippen molar-refractivity contribution < 1.29 is 20.1 Å². The summed E-state index contributed by atoms with van der Waals surface area (Å²) in [4.78, 5) is 10.4. The molecule has 0 unspecified atom stereocenters. The van der Waals surface area contributed by atoms with Gasteiger partial charge in [-0.2, -0.15) is 0 Å². The van der Waals surface area contributed by atoms with Crippen molar-refractivity contribution in [2.45, 2.75) is 6.92 Å². The normalized spacial score (nSPS) is 9.75. The predicted octanol–water partition coefficient (Wildman–Crippen LogP) is 0.472. The second-order valence-electron chi connectivity index (χ2n) is 2.44. The van der Waals surface area contributed by atoms with Crippen molar-refractivity contribution in [3.63, 3.8) is 0 Å². The third-order valence-corrected chi connectivity index (χ3v) is 1.49. The Labute approximate surface area is 68.7 Å². The minimum absolute atomic E-state index is 0.204. The molecule has 64 valence electrons. The summed E-state index contributed by atoms with van der Waals surface area (Å²) in [6.07, 6.45) is 0. The van der Waals surface area contributed by atoms with Gasteiger partial charge in [-0.1, -0.05) is 11.3 Å². The Morgan fingerprint density at radius 3 is 2.58 bits per heavy atom. The molecule has 1 rings (SSSR count). The van der Waals surface area contributed by atoms with Crippen molar-refractivity contribution in [1.82, 2.24) is 0 Å². The maximum absolute atomic E-state index is 11.1. The first-order valence-corrected chi connectivity index (χ1v) is 3.26. The molecule has 0 aliphatic rings. The highest BCUT2D eigenvalue weighted by Gasteiger charge is 2.06. The highest BCUT2D eigenvalue weighted by atomic mass is 16.4. The quantitative estimate of drug-likeness (QED) is 0.637. The summed E-state index contributed by atoms with van der Waals surface area (Å²) in [6, 6.07) is 2.17. The smallest absolute Gasteiger partial charge is 0.335 e. The number of carboxylic acids is 1. The maximum Gasteiger partial charge on any atom is 0.335 e. The van der Waals surface area contributed by atoms with E-state index >= 15 is 0 Å². The van der Waals surface area contributed by atoms with E-state index in [-0.39, 0.29) is 11.3 Å². The molecular weight excluding hydrogens is 160 g/mol. The molecule has 0 bridgehead atoms. The molecule has 0 aliphatic carbocycles. The number of aromatic hydroxyl groups is 1. The van der Waals surface area contributed by atoms with Crippen LogP contribution in [0.5, 0.6) is 11.5 Å². The van der Waals surface area contributed by atoms with Crippen LogP contribution in [0.15, 0.2) is 12.1 Å². The molecule has 2 N–H and O–H groups in total. The Balaban J connectivity index is 3.37. The van der Waals surface area contributed by atoms with Crippen LogP contribution < -0.4 is 5.11 Å². The third kappa shape index (κ3) is 1.32. The van der Waals surface area contributed by atoms with Crippen molar-refractivity contribution >= 4 is 5.97 Å². The summed E-state index contributed by atoms with van der Waals surface area (Å²) in [5.41, 5.74) is -0.167. The molecule has 0 saturated heterocycles. The van der Waals surface area contributed by atoms with Crippen LogP contribution >= 0.6 is 0 Å². The number of carbonyl (C=O) groups is 1. The first kappa shape index (κ1) is 8.39. The molecule has 1 aromatic rings. The number of aryl methyl sites for hydroxylation is 1. The zero-order valence-corrected chi connectivity index (χ0v) is 6.37. The van der Waals surface area contributed by atoms with Gasteiger partial charge in [0.1, 0.15) is 5.75 Å². The minimum Gasteiger partial charge on any atom is -0.872 e. The summed E-state index contributed by atoms with van der Waals surface area (Å²) in [5, 5.41) is 28.5. The van der Waals surface area contributed by atoms with Gasteiger partial charge < -0.3 is 15.3 Å². The Kier molecular flexibility index (Phi) is 1.91. The molecule has 0 heterocycles. The summed E-state index contributed by atoms with van der Waals surface area (Å²) in [6.45, 7) is 1.45. The first-order chi connectivity index (χ1) is 5.52. The molecule has 0 spiro atoms. The molecule has 4 nitrogen and oxygen atoms in total. The van der Waals surface area contributed by atoms with Gasteiger partial charge in [0.05, 0.1) is 5.56 Å². The standard InChI is InChI=1S/C8H8O4/c1-4-2-5(9)3-6(7(4)10)8(11)12/h2-3,9-10H,1H3,(H,11,12)/p-1. The molecule has 12 heavy (non-hydrogen) atoms. The van der Waals surface area contributed by atoms with Crippen molar-refractivity contribution in [3.05, 3.63) is 23.3 Å². The number of phenolic OH excluding ortho intramolecular Hbond substituents is 1. The third-order valence-electron chi connectivity index (χ3n) is 1.49. The van der Waals surface area contributed by atoms with Crippen LogP contribution in [0.25, 0.3) is 0 Å². The Hall–Kier alpha value is -1.71. The Morgan fingerprint density at radius 2 is 2.08 bits per heavy atom. The molecule has 0 saturated carbocycles. The highest BCUT2D eigenvalue weighted by Crippen LogP contribution is 2.24. The van der Waals surface area contributed by atoms with E-state index in [1.165, 1.54) is 13.0 Å². The number of phenols is 1. The summed E-state index contributed by atoms with van der Waals surface area (Å²) in [5.74, 6) is -2.08. The SMILES string of the molecule is Cc1cc(O)cc(C(=O)O)c1[O-]. The van der Waals surface area contributed by atoms with Gasteiger partial charge >= 0.3 is 5.97 Å². The van der Waals surface area contributed by atoms with Gasteiger partial charge in [-0.15, -0.1) is 0 Å². The number of aromatic carboxylic acids is 1. The first-order valence-electron chi connectivity index (χ1n) is 3.26. The molecular formula is C8H7O4-. The average molecular weight is 167 g/mol. The lowest BCUT2D eigenvalue weighted by atomic mass is 10.1. The van der Waals surface area contributed by atoms with Crippen LogP contribution in [0.3, 0.4) is 0 Å². The van der Waals surface area contributed by atoms with Crippen LogP contribution in [0.4, 0.5) is 0 Å². The van der Waals surface area contributed by atoms with E-state index in [2.05, 4.69) is 0 Å². The fraction of sp³-hybridized carbons (Fsp3) is 0.125. The lowest BCUT2D eigenvalue weighted by molar-refractivity contribution is -0.269. The van der Waals surface area contributed by atoms with Crippen LogP contribution in [-0.4, -0.2) is 16.2 Å². The predicted molar refractivity (Wildman–Crippen MR) is 39.2 cm³/mol. The van der Waals surface area contributed by atoms with Gasteiger partial charge in [-0.3, -0.25) is 0 Å². The van der Waals surface area contributed by atoms with Crippen molar-refractivity contribution in [2.24, 2.45) is 0 Å². The van der Waals surface area contributed by atoms with Crippen molar-refractivity contribution in [3.8, 4) is 11.5 Å². The molecule has 0 radical (unpaired) electrons. The van der Waals surface area contributed by atoms with Crippen LogP contribution in [0.2, 0.25) is 0 Å². The number of hydrogen-bond acceptors (Lipinski definition) is 3. The van der Waals surface area contributed by atoms with Crippen molar-refractivity contribution in [1.29, 1.82) is 0 Å². The van der Waals surface area contributed by atoms with E-state index in [1.807, 2.05) is 0 Å². The molecule has 1 aromatic carbocycles. The molecule has 0 atom stereocenters. The van der Waals surface area contributed by atoms with Gasteiger partial charge in [0, 0.05) is 0 Å². The van der Waals surface area contributed by atoms with Crippen LogP contribution in [0, 0.1) is 6.92 Å². The summed E-state index contributed by atoms with van der Waals surface area (Å²) < 4.78 is 0. The van der Waals surface area contributed by atoms with Gasteiger partial charge in [0.25, 0.3) is 0 Å². The second-order valence-corrected chi connectivity index (χ2v) is 2.44.